The van der Waals surface area contributed by atoms with E-state index in [9.17, 15) is 17.6 Å². The monoisotopic (exact) mass is 494 g/mol. The van der Waals surface area contributed by atoms with Crippen LogP contribution in [-0.4, -0.2) is 32.7 Å². The lowest BCUT2D eigenvalue weighted by atomic mass is 9.99. The quantitative estimate of drug-likeness (QED) is 0.473. The molecule has 0 fully saturated rings. The number of benzene rings is 2. The molecule has 0 aliphatic carbocycles. The summed E-state index contributed by atoms with van der Waals surface area (Å²) in [6, 6.07) is 11.8. The van der Waals surface area contributed by atoms with Crippen LogP contribution in [0.4, 0.5) is 4.39 Å². The van der Waals surface area contributed by atoms with E-state index in [-0.39, 0.29) is 5.56 Å². The number of pyridine rings is 1. The minimum absolute atomic E-state index is 0.360. The maximum atomic E-state index is 14.6. The topological polar surface area (TPSA) is 85.4 Å². The Morgan fingerprint density at radius 1 is 1.25 bits per heavy atom. The second kappa shape index (κ2) is 9.89. The molecule has 0 aliphatic rings. The molecular formula is C22H20ClFN2O4S2. The van der Waals surface area contributed by atoms with Gasteiger partial charge < -0.3 is 4.74 Å². The maximum Gasteiger partial charge on any atom is 0.267 e. The minimum atomic E-state index is -3.81. The van der Waals surface area contributed by atoms with Crippen molar-refractivity contribution in [3.63, 3.8) is 0 Å². The molecule has 6 nitrogen and oxygen atoms in total. The van der Waals surface area contributed by atoms with E-state index >= 15 is 0 Å². The van der Waals surface area contributed by atoms with Gasteiger partial charge in [0.2, 0.25) is 10.0 Å². The van der Waals surface area contributed by atoms with Gasteiger partial charge in [-0.2, -0.15) is 0 Å². The molecule has 0 atom stereocenters. The van der Waals surface area contributed by atoms with Gasteiger partial charge in [0.1, 0.15) is 16.6 Å². The molecule has 32 heavy (non-hydrogen) atoms. The molecule has 1 N–H and O–H groups in total. The normalized spacial score (nSPS) is 11.3. The van der Waals surface area contributed by atoms with Crippen molar-refractivity contribution in [3.8, 4) is 16.9 Å². The number of hydrogen-bond acceptors (Lipinski definition) is 6. The van der Waals surface area contributed by atoms with E-state index in [1.165, 1.54) is 23.9 Å². The van der Waals surface area contributed by atoms with Crippen LogP contribution in [-0.2, 0) is 15.8 Å². The highest BCUT2D eigenvalue weighted by Crippen LogP contribution is 2.33. The van der Waals surface area contributed by atoms with Crippen molar-refractivity contribution in [1.82, 2.24) is 9.71 Å². The molecule has 0 saturated carbocycles. The third-order valence-electron chi connectivity index (χ3n) is 4.46. The molecule has 0 spiro atoms. The Bertz CT molecular complexity index is 1280. The van der Waals surface area contributed by atoms with Gasteiger partial charge in [0.15, 0.2) is 0 Å². The number of hydrogen-bond donors (Lipinski definition) is 1. The molecule has 3 aromatic rings. The minimum Gasteiger partial charge on any atom is -0.497 e. The van der Waals surface area contributed by atoms with E-state index in [0.717, 1.165) is 17.6 Å². The Kier molecular flexibility index (Phi) is 7.43. The Morgan fingerprint density at radius 2 is 2.00 bits per heavy atom. The van der Waals surface area contributed by atoms with E-state index in [1.807, 2.05) is 24.3 Å². The first kappa shape index (κ1) is 24.0. The maximum absolute atomic E-state index is 14.6. The van der Waals surface area contributed by atoms with Gasteiger partial charge in [-0.25, -0.2) is 22.5 Å². The van der Waals surface area contributed by atoms with Gasteiger partial charge in [0.05, 0.1) is 24.0 Å². The molecule has 0 aliphatic heterocycles. The van der Waals surface area contributed by atoms with Crippen molar-refractivity contribution in [1.29, 1.82) is 0 Å². The highest BCUT2D eigenvalue weighted by molar-refractivity contribution is 7.98. The molecule has 1 amide bonds. The molecule has 3 rings (SSSR count). The molecule has 1 aromatic heterocycles. The number of methoxy groups -OCH3 is 1. The molecule has 10 heteroatoms. The molecule has 0 unspecified atom stereocenters. The van der Waals surface area contributed by atoms with Crippen molar-refractivity contribution >= 4 is 39.3 Å². The molecular weight excluding hydrogens is 475 g/mol. The molecule has 0 radical (unpaired) electrons. The largest absolute Gasteiger partial charge is 0.497 e. The van der Waals surface area contributed by atoms with Crippen LogP contribution in [0.3, 0.4) is 0 Å². The molecule has 1 heterocycles. The smallest absolute Gasteiger partial charge is 0.267 e. The Hall–Kier alpha value is -2.62. The van der Waals surface area contributed by atoms with Crippen molar-refractivity contribution in [2.24, 2.45) is 0 Å². The third-order valence-corrected chi connectivity index (χ3v) is 6.50. The predicted molar refractivity (Wildman–Crippen MR) is 124 cm³/mol. The number of carbonyl (C=O) groups is 1. The lowest BCUT2D eigenvalue weighted by Crippen LogP contribution is -2.30. The fourth-order valence-electron chi connectivity index (χ4n) is 2.98. The van der Waals surface area contributed by atoms with Crippen molar-refractivity contribution in [2.45, 2.75) is 17.7 Å². The van der Waals surface area contributed by atoms with Crippen LogP contribution in [0.15, 0.2) is 53.7 Å². The number of nitrogens with zero attached hydrogens (tertiary/aromatic N) is 1. The van der Waals surface area contributed by atoms with E-state index in [4.69, 9.17) is 16.3 Å². The standard InChI is InChI=1S/C22H20ClFN2O4S2/c1-13-7-18(21(27)26-32(3,28)29)20(24)10-17(13)15-9-19(23)22(25-11-15)31-12-14-5-4-6-16(8-14)30-2/h4-11H,12H2,1-3H3,(H,26,27). The van der Waals surface area contributed by atoms with Gasteiger partial charge in [0, 0.05) is 17.5 Å². The summed E-state index contributed by atoms with van der Waals surface area (Å²) < 4.78 is 44.1. The highest BCUT2D eigenvalue weighted by Gasteiger charge is 2.18. The Morgan fingerprint density at radius 3 is 2.66 bits per heavy atom. The molecule has 2 aromatic carbocycles. The van der Waals surface area contributed by atoms with E-state index in [1.54, 1.807) is 31.0 Å². The Balaban J connectivity index is 1.82. The second-order valence-electron chi connectivity index (χ2n) is 7.00. The molecule has 0 saturated heterocycles. The third kappa shape index (κ3) is 5.99. The van der Waals surface area contributed by atoms with E-state index < -0.39 is 21.7 Å². The number of nitrogens with one attached hydrogen (secondary N) is 1. The van der Waals surface area contributed by atoms with E-state index in [0.29, 0.717) is 32.5 Å². The summed E-state index contributed by atoms with van der Waals surface area (Å²) >= 11 is 7.88. The zero-order valence-corrected chi connectivity index (χ0v) is 19.9. The predicted octanol–water partition coefficient (Wildman–Crippen LogP) is 4.84. The van der Waals surface area contributed by atoms with Crippen LogP contribution < -0.4 is 9.46 Å². The first-order valence-electron chi connectivity index (χ1n) is 9.31. The summed E-state index contributed by atoms with van der Waals surface area (Å²) in [5, 5.41) is 1.04. The summed E-state index contributed by atoms with van der Waals surface area (Å²) in [6.45, 7) is 1.69. The average molecular weight is 495 g/mol. The summed E-state index contributed by atoms with van der Waals surface area (Å²) in [7, 11) is -2.20. The fourth-order valence-corrected chi connectivity index (χ4v) is 4.57. The lowest BCUT2D eigenvalue weighted by molar-refractivity contribution is 0.0977. The van der Waals surface area contributed by atoms with Gasteiger partial charge in [-0.05, 0) is 53.9 Å². The van der Waals surface area contributed by atoms with Crippen molar-refractivity contribution < 1.29 is 22.3 Å². The molecule has 168 valence electrons. The summed E-state index contributed by atoms with van der Waals surface area (Å²) in [6.07, 6.45) is 2.41. The van der Waals surface area contributed by atoms with Gasteiger partial charge in [-0.3, -0.25) is 4.79 Å². The highest BCUT2D eigenvalue weighted by atomic mass is 35.5. The van der Waals surface area contributed by atoms with Gasteiger partial charge in [0.25, 0.3) is 5.91 Å². The van der Waals surface area contributed by atoms with Crippen LogP contribution in [0.1, 0.15) is 21.5 Å². The van der Waals surface area contributed by atoms with Crippen LogP contribution in [0, 0.1) is 12.7 Å². The summed E-state index contributed by atoms with van der Waals surface area (Å²) in [5.74, 6) is -0.468. The lowest BCUT2D eigenvalue weighted by Gasteiger charge is -2.12. The van der Waals surface area contributed by atoms with Crippen molar-refractivity contribution in [2.75, 3.05) is 13.4 Å². The number of sulfonamides is 1. The summed E-state index contributed by atoms with van der Waals surface area (Å²) in [4.78, 5) is 16.4. The number of aromatic nitrogens is 1. The van der Waals surface area contributed by atoms with Crippen LogP contribution >= 0.6 is 23.4 Å². The van der Waals surface area contributed by atoms with Gasteiger partial charge >= 0.3 is 0 Å². The first-order chi connectivity index (χ1) is 15.1. The van der Waals surface area contributed by atoms with Crippen molar-refractivity contribution in [3.05, 3.63) is 76.2 Å². The number of aryl methyl sites for hydroxylation is 1. The SMILES string of the molecule is COc1cccc(CSc2ncc(-c3cc(F)c(C(=O)NS(C)(=O)=O)cc3C)cc2Cl)c1. The first-order valence-corrected chi connectivity index (χ1v) is 12.6. The number of halogens is 2. The van der Waals surface area contributed by atoms with Crippen LogP contribution in [0.25, 0.3) is 11.1 Å². The number of carbonyl (C=O) groups excluding carboxylic acids is 1. The molecule has 0 bridgehead atoms. The Labute approximate surface area is 195 Å². The summed E-state index contributed by atoms with van der Waals surface area (Å²) in [5.41, 5.74) is 2.34. The second-order valence-corrected chi connectivity index (χ2v) is 10.1. The van der Waals surface area contributed by atoms with Gasteiger partial charge in [-0.15, -0.1) is 11.8 Å². The zero-order valence-electron chi connectivity index (χ0n) is 17.5. The van der Waals surface area contributed by atoms with Gasteiger partial charge in [-0.1, -0.05) is 23.7 Å². The zero-order chi connectivity index (χ0) is 23.5. The van der Waals surface area contributed by atoms with Crippen LogP contribution in [0.5, 0.6) is 5.75 Å². The number of ether oxygens (including phenoxy) is 1. The number of amides is 1. The van der Waals surface area contributed by atoms with E-state index in [2.05, 4.69) is 4.98 Å². The average Bonchev–Trinajstić information content (AvgIpc) is 2.73. The van der Waals surface area contributed by atoms with Crippen LogP contribution in [0.2, 0.25) is 5.02 Å². The fraction of sp³-hybridized carbons (Fsp3) is 0.182. The number of thioether (sulfide) groups is 1. The number of rotatable bonds is 7.